The monoisotopic (exact) mass is 312 g/mol. The SMILES string of the molecule is Brc1ccc2cccc(OCc3ccccc3)c2c1. The van der Waals surface area contributed by atoms with Gasteiger partial charge in [-0.2, -0.15) is 0 Å². The van der Waals surface area contributed by atoms with Crippen LogP contribution >= 0.6 is 15.9 Å². The van der Waals surface area contributed by atoms with Gasteiger partial charge in [0.1, 0.15) is 12.4 Å². The van der Waals surface area contributed by atoms with E-state index < -0.39 is 0 Å². The maximum Gasteiger partial charge on any atom is 0.127 e. The molecule has 0 aliphatic carbocycles. The van der Waals surface area contributed by atoms with E-state index in [2.05, 4.69) is 46.3 Å². The summed E-state index contributed by atoms with van der Waals surface area (Å²) in [5.74, 6) is 0.919. The Morgan fingerprint density at radius 1 is 0.842 bits per heavy atom. The highest BCUT2D eigenvalue weighted by Gasteiger charge is 2.03. The second kappa shape index (κ2) is 5.45. The van der Waals surface area contributed by atoms with Gasteiger partial charge in [-0.15, -0.1) is 0 Å². The van der Waals surface area contributed by atoms with Crippen molar-refractivity contribution < 1.29 is 4.74 Å². The van der Waals surface area contributed by atoms with E-state index in [0.717, 1.165) is 15.6 Å². The summed E-state index contributed by atoms with van der Waals surface area (Å²) < 4.78 is 7.01. The third kappa shape index (κ3) is 2.79. The standard InChI is InChI=1S/C17H13BrO/c18-15-10-9-14-7-4-8-17(16(14)11-15)19-12-13-5-2-1-3-6-13/h1-11H,12H2. The molecule has 0 N–H and O–H groups in total. The Kier molecular flexibility index (Phi) is 3.51. The lowest BCUT2D eigenvalue weighted by Crippen LogP contribution is -1.95. The van der Waals surface area contributed by atoms with Crippen LogP contribution in [0.1, 0.15) is 5.56 Å². The van der Waals surface area contributed by atoms with Crippen LogP contribution in [0.2, 0.25) is 0 Å². The average Bonchev–Trinajstić information content (AvgIpc) is 2.46. The van der Waals surface area contributed by atoms with Gasteiger partial charge < -0.3 is 4.74 Å². The van der Waals surface area contributed by atoms with E-state index in [4.69, 9.17) is 4.74 Å². The lowest BCUT2D eigenvalue weighted by atomic mass is 10.1. The molecule has 0 radical (unpaired) electrons. The highest BCUT2D eigenvalue weighted by Crippen LogP contribution is 2.28. The molecule has 0 aliphatic heterocycles. The number of benzene rings is 3. The lowest BCUT2D eigenvalue weighted by Gasteiger charge is -2.09. The van der Waals surface area contributed by atoms with Crippen LogP contribution in [0.4, 0.5) is 0 Å². The first-order chi connectivity index (χ1) is 9.33. The summed E-state index contributed by atoms with van der Waals surface area (Å²) in [7, 11) is 0. The van der Waals surface area contributed by atoms with Crippen molar-refractivity contribution in [2.75, 3.05) is 0 Å². The van der Waals surface area contributed by atoms with E-state index in [1.807, 2.05) is 36.4 Å². The van der Waals surface area contributed by atoms with E-state index in [-0.39, 0.29) is 0 Å². The fourth-order valence-electron chi connectivity index (χ4n) is 2.08. The Morgan fingerprint density at radius 3 is 2.53 bits per heavy atom. The van der Waals surface area contributed by atoms with E-state index >= 15 is 0 Å². The quantitative estimate of drug-likeness (QED) is 0.647. The molecule has 0 saturated heterocycles. The van der Waals surface area contributed by atoms with Crippen LogP contribution in [0, 0.1) is 0 Å². The predicted octanol–water partition coefficient (Wildman–Crippen LogP) is 5.18. The van der Waals surface area contributed by atoms with Crippen molar-refractivity contribution >= 4 is 26.7 Å². The van der Waals surface area contributed by atoms with E-state index in [1.54, 1.807) is 0 Å². The molecule has 0 amide bonds. The van der Waals surface area contributed by atoms with Gasteiger partial charge in [-0.3, -0.25) is 0 Å². The van der Waals surface area contributed by atoms with Gasteiger partial charge in [-0.05, 0) is 29.1 Å². The van der Waals surface area contributed by atoms with Gasteiger partial charge in [-0.25, -0.2) is 0 Å². The fraction of sp³-hybridized carbons (Fsp3) is 0.0588. The van der Waals surface area contributed by atoms with Gasteiger partial charge in [0.05, 0.1) is 0 Å². The maximum absolute atomic E-state index is 5.94. The summed E-state index contributed by atoms with van der Waals surface area (Å²) in [4.78, 5) is 0. The minimum atomic E-state index is 0.590. The van der Waals surface area contributed by atoms with Crippen LogP contribution in [0.15, 0.2) is 71.2 Å². The molecule has 0 unspecified atom stereocenters. The molecule has 2 heteroatoms. The number of fused-ring (bicyclic) bond motifs is 1. The van der Waals surface area contributed by atoms with Crippen molar-refractivity contribution in [2.45, 2.75) is 6.61 Å². The minimum absolute atomic E-state index is 0.590. The molecule has 0 aliphatic rings. The van der Waals surface area contributed by atoms with Gasteiger partial charge in [-0.1, -0.05) is 64.5 Å². The zero-order valence-electron chi connectivity index (χ0n) is 10.3. The Bertz CT molecular complexity index is 692. The molecular formula is C17H13BrO. The third-order valence-corrected chi connectivity index (χ3v) is 3.53. The van der Waals surface area contributed by atoms with Crippen LogP contribution in [-0.4, -0.2) is 0 Å². The molecular weight excluding hydrogens is 300 g/mol. The van der Waals surface area contributed by atoms with Crippen LogP contribution in [0.3, 0.4) is 0 Å². The largest absolute Gasteiger partial charge is 0.488 e. The second-order valence-electron chi connectivity index (χ2n) is 4.40. The Balaban J connectivity index is 1.90. The maximum atomic E-state index is 5.94. The lowest BCUT2D eigenvalue weighted by molar-refractivity contribution is 0.310. The molecule has 0 bridgehead atoms. The Labute approximate surface area is 121 Å². The van der Waals surface area contributed by atoms with Crippen LogP contribution in [0.25, 0.3) is 10.8 Å². The molecule has 0 fully saturated rings. The summed E-state index contributed by atoms with van der Waals surface area (Å²) in [5, 5.41) is 2.32. The summed E-state index contributed by atoms with van der Waals surface area (Å²) in [6.45, 7) is 0.590. The van der Waals surface area contributed by atoms with Crippen molar-refractivity contribution in [1.29, 1.82) is 0 Å². The molecule has 3 rings (SSSR count). The summed E-state index contributed by atoms with van der Waals surface area (Å²) >= 11 is 3.51. The summed E-state index contributed by atoms with van der Waals surface area (Å²) in [5.41, 5.74) is 1.18. The van der Waals surface area contributed by atoms with Gasteiger partial charge in [0, 0.05) is 9.86 Å². The van der Waals surface area contributed by atoms with Crippen molar-refractivity contribution in [3.63, 3.8) is 0 Å². The molecule has 0 atom stereocenters. The predicted molar refractivity (Wildman–Crippen MR) is 82.4 cm³/mol. The highest BCUT2D eigenvalue weighted by molar-refractivity contribution is 9.10. The van der Waals surface area contributed by atoms with Crippen molar-refractivity contribution in [2.24, 2.45) is 0 Å². The summed E-state index contributed by atoms with van der Waals surface area (Å²) in [6, 6.07) is 22.6. The highest BCUT2D eigenvalue weighted by atomic mass is 79.9. The van der Waals surface area contributed by atoms with Crippen LogP contribution < -0.4 is 4.74 Å². The number of ether oxygens (including phenoxy) is 1. The zero-order chi connectivity index (χ0) is 13.1. The minimum Gasteiger partial charge on any atom is -0.488 e. The van der Waals surface area contributed by atoms with E-state index in [1.165, 1.54) is 10.9 Å². The van der Waals surface area contributed by atoms with Gasteiger partial charge >= 0.3 is 0 Å². The average molecular weight is 313 g/mol. The molecule has 3 aromatic rings. The first-order valence-electron chi connectivity index (χ1n) is 6.18. The molecule has 1 nitrogen and oxygen atoms in total. The van der Waals surface area contributed by atoms with Crippen molar-refractivity contribution in [1.82, 2.24) is 0 Å². The topological polar surface area (TPSA) is 9.23 Å². The second-order valence-corrected chi connectivity index (χ2v) is 5.31. The molecule has 0 heterocycles. The van der Waals surface area contributed by atoms with Gasteiger partial charge in [0.15, 0.2) is 0 Å². The number of rotatable bonds is 3. The van der Waals surface area contributed by atoms with Gasteiger partial charge in [0.2, 0.25) is 0 Å². The first-order valence-corrected chi connectivity index (χ1v) is 6.97. The molecule has 0 aromatic heterocycles. The number of halogens is 1. The smallest absolute Gasteiger partial charge is 0.127 e. The molecule has 0 spiro atoms. The first kappa shape index (κ1) is 12.2. The Morgan fingerprint density at radius 2 is 1.68 bits per heavy atom. The van der Waals surface area contributed by atoms with E-state index in [0.29, 0.717) is 6.61 Å². The van der Waals surface area contributed by atoms with Crippen LogP contribution in [-0.2, 0) is 6.61 Å². The van der Waals surface area contributed by atoms with Crippen molar-refractivity contribution in [3.05, 3.63) is 76.8 Å². The van der Waals surface area contributed by atoms with Crippen molar-refractivity contribution in [3.8, 4) is 5.75 Å². The summed E-state index contributed by atoms with van der Waals surface area (Å²) in [6.07, 6.45) is 0. The fourth-order valence-corrected chi connectivity index (χ4v) is 2.44. The van der Waals surface area contributed by atoms with Crippen LogP contribution in [0.5, 0.6) is 5.75 Å². The van der Waals surface area contributed by atoms with Gasteiger partial charge in [0.25, 0.3) is 0 Å². The number of hydrogen-bond acceptors (Lipinski definition) is 1. The molecule has 0 saturated carbocycles. The zero-order valence-corrected chi connectivity index (χ0v) is 11.9. The third-order valence-electron chi connectivity index (χ3n) is 3.04. The normalized spacial score (nSPS) is 10.6. The Hall–Kier alpha value is -1.80. The molecule has 19 heavy (non-hydrogen) atoms. The molecule has 94 valence electrons. The molecule has 3 aromatic carbocycles. The number of hydrogen-bond donors (Lipinski definition) is 0. The van der Waals surface area contributed by atoms with E-state index in [9.17, 15) is 0 Å².